The summed E-state index contributed by atoms with van der Waals surface area (Å²) in [6.45, 7) is 4.18. The van der Waals surface area contributed by atoms with Crippen molar-refractivity contribution < 1.29 is 9.47 Å². The molecule has 0 aliphatic carbocycles. The summed E-state index contributed by atoms with van der Waals surface area (Å²) in [4.78, 5) is 4.36. The Morgan fingerprint density at radius 1 is 1.16 bits per heavy atom. The highest BCUT2D eigenvalue weighted by Gasteiger charge is 2.29. The van der Waals surface area contributed by atoms with E-state index in [4.69, 9.17) is 14.9 Å². The summed E-state index contributed by atoms with van der Waals surface area (Å²) in [7, 11) is 2.11. The number of hydrogen-bond acceptors (Lipinski definition) is 4. The van der Waals surface area contributed by atoms with Gasteiger partial charge in [0.25, 0.3) is 0 Å². The van der Waals surface area contributed by atoms with Crippen LogP contribution in [0.3, 0.4) is 0 Å². The third-order valence-corrected chi connectivity index (χ3v) is 3.66. The number of piperazine rings is 1. The van der Waals surface area contributed by atoms with E-state index < -0.39 is 0 Å². The summed E-state index contributed by atoms with van der Waals surface area (Å²) in [5.41, 5.74) is 0. The number of ether oxygens (including phenoxy) is 2. The average molecular weight is 261 g/mol. The summed E-state index contributed by atoms with van der Waals surface area (Å²) >= 11 is 0. The van der Waals surface area contributed by atoms with Crippen LogP contribution in [0.15, 0.2) is 24.3 Å². The van der Waals surface area contributed by atoms with Crippen LogP contribution in [0.5, 0.6) is 11.5 Å². The van der Waals surface area contributed by atoms with Crippen molar-refractivity contribution in [2.45, 2.75) is 6.10 Å². The molecule has 5 nitrogen and oxygen atoms in total. The summed E-state index contributed by atoms with van der Waals surface area (Å²) < 4.78 is 11.5. The van der Waals surface area contributed by atoms with Crippen LogP contribution in [-0.2, 0) is 0 Å². The van der Waals surface area contributed by atoms with Crippen molar-refractivity contribution in [3.63, 3.8) is 0 Å². The van der Waals surface area contributed by atoms with E-state index >= 15 is 0 Å². The predicted molar refractivity (Wildman–Crippen MR) is 73.1 cm³/mol. The van der Waals surface area contributed by atoms with E-state index in [9.17, 15) is 0 Å². The maximum absolute atomic E-state index is 8.29. The van der Waals surface area contributed by atoms with Crippen molar-refractivity contribution in [3.05, 3.63) is 24.3 Å². The molecule has 2 aliphatic heterocycles. The average Bonchev–Trinajstić information content (AvgIpc) is 2.47. The first-order chi connectivity index (χ1) is 9.24. The lowest BCUT2D eigenvalue weighted by atomic mass is 10.2. The van der Waals surface area contributed by atoms with Gasteiger partial charge in [-0.3, -0.25) is 5.41 Å². The number of nitrogens with zero attached hydrogens (tertiary/aromatic N) is 2. The van der Waals surface area contributed by atoms with Gasteiger partial charge < -0.3 is 19.3 Å². The Morgan fingerprint density at radius 3 is 2.58 bits per heavy atom. The van der Waals surface area contributed by atoms with Gasteiger partial charge in [-0.1, -0.05) is 12.1 Å². The zero-order chi connectivity index (χ0) is 13.2. The van der Waals surface area contributed by atoms with Gasteiger partial charge in [-0.2, -0.15) is 0 Å². The molecule has 1 aromatic carbocycles. The number of benzene rings is 1. The zero-order valence-corrected chi connectivity index (χ0v) is 11.1. The molecule has 2 heterocycles. The van der Waals surface area contributed by atoms with Crippen molar-refractivity contribution in [2.75, 3.05) is 39.8 Å². The highest BCUT2D eigenvalue weighted by atomic mass is 16.6. The largest absolute Gasteiger partial charge is 0.485 e. The minimum atomic E-state index is -0.293. The Morgan fingerprint density at radius 2 is 1.84 bits per heavy atom. The molecule has 0 saturated carbocycles. The van der Waals surface area contributed by atoms with Gasteiger partial charge in [-0.15, -0.1) is 0 Å². The minimum Gasteiger partial charge on any atom is -0.485 e. The van der Waals surface area contributed by atoms with Crippen LogP contribution in [-0.4, -0.2) is 61.6 Å². The number of nitrogens with one attached hydrogen (secondary N) is 1. The molecule has 0 spiro atoms. The lowest BCUT2D eigenvalue weighted by molar-refractivity contribution is 0.117. The monoisotopic (exact) mass is 261 g/mol. The van der Waals surface area contributed by atoms with Crippen molar-refractivity contribution in [2.24, 2.45) is 0 Å². The van der Waals surface area contributed by atoms with Gasteiger partial charge in [0, 0.05) is 26.2 Å². The first-order valence-electron chi connectivity index (χ1n) is 6.64. The summed E-state index contributed by atoms with van der Waals surface area (Å²) in [6, 6.07) is 7.63. The first-order valence-corrected chi connectivity index (χ1v) is 6.64. The first kappa shape index (κ1) is 12.3. The lowest BCUT2D eigenvalue weighted by Crippen LogP contribution is -2.53. The molecule has 5 heteroatoms. The Balaban J connectivity index is 1.66. The fourth-order valence-corrected chi connectivity index (χ4v) is 2.41. The van der Waals surface area contributed by atoms with Gasteiger partial charge >= 0.3 is 0 Å². The van der Waals surface area contributed by atoms with Crippen molar-refractivity contribution in [1.82, 2.24) is 9.80 Å². The summed E-state index contributed by atoms with van der Waals surface area (Å²) in [5, 5.41) is 8.29. The standard InChI is InChI=1S/C14H19N3O2/c1-16-6-8-17(9-7-16)14(15)13-10-18-11-4-2-3-5-12(11)19-13/h2-5,13,15H,6-10H2,1H3. The number of rotatable bonds is 1. The highest BCUT2D eigenvalue weighted by molar-refractivity contribution is 5.84. The van der Waals surface area contributed by atoms with E-state index in [-0.39, 0.29) is 6.10 Å². The zero-order valence-electron chi connectivity index (χ0n) is 11.1. The van der Waals surface area contributed by atoms with Crippen LogP contribution in [0.1, 0.15) is 0 Å². The predicted octanol–water partition coefficient (Wildman–Crippen LogP) is 1.05. The molecule has 0 bridgehead atoms. The van der Waals surface area contributed by atoms with Gasteiger partial charge in [-0.05, 0) is 19.2 Å². The van der Waals surface area contributed by atoms with Crippen molar-refractivity contribution in [1.29, 1.82) is 5.41 Å². The minimum absolute atomic E-state index is 0.293. The van der Waals surface area contributed by atoms with E-state index in [1.54, 1.807) is 0 Å². The molecule has 0 aromatic heterocycles. The molecule has 1 fully saturated rings. The molecule has 1 unspecified atom stereocenters. The molecule has 2 aliphatic rings. The normalized spacial score (nSPS) is 23.2. The fraction of sp³-hybridized carbons (Fsp3) is 0.500. The highest BCUT2D eigenvalue weighted by Crippen LogP contribution is 2.31. The molecular formula is C14H19N3O2. The molecule has 19 heavy (non-hydrogen) atoms. The Kier molecular flexibility index (Phi) is 3.29. The molecule has 3 rings (SSSR count). The number of likely N-dealkylation sites (N-methyl/N-ethyl adjacent to an activating group) is 1. The van der Waals surface area contributed by atoms with Crippen molar-refractivity contribution in [3.8, 4) is 11.5 Å². The third-order valence-electron chi connectivity index (χ3n) is 3.66. The molecule has 1 saturated heterocycles. The molecular weight excluding hydrogens is 242 g/mol. The van der Waals surface area contributed by atoms with Gasteiger partial charge in [-0.25, -0.2) is 0 Å². The Hall–Kier alpha value is -1.75. The molecule has 102 valence electrons. The maximum Gasteiger partial charge on any atom is 0.189 e. The lowest BCUT2D eigenvalue weighted by Gasteiger charge is -2.37. The van der Waals surface area contributed by atoms with E-state index in [1.807, 2.05) is 24.3 Å². The number of para-hydroxylation sites is 2. The van der Waals surface area contributed by atoms with Gasteiger partial charge in [0.1, 0.15) is 12.4 Å². The molecule has 0 radical (unpaired) electrons. The van der Waals surface area contributed by atoms with E-state index in [0.717, 1.165) is 37.7 Å². The molecule has 0 amide bonds. The molecule has 1 aromatic rings. The Labute approximate surface area is 113 Å². The fourth-order valence-electron chi connectivity index (χ4n) is 2.41. The van der Waals surface area contributed by atoms with Crippen LogP contribution in [0, 0.1) is 5.41 Å². The summed E-state index contributed by atoms with van der Waals surface area (Å²) in [5.74, 6) is 2.03. The topological polar surface area (TPSA) is 48.8 Å². The van der Waals surface area contributed by atoms with E-state index in [0.29, 0.717) is 12.4 Å². The van der Waals surface area contributed by atoms with E-state index in [2.05, 4.69) is 16.8 Å². The van der Waals surface area contributed by atoms with Crippen LogP contribution in [0.25, 0.3) is 0 Å². The van der Waals surface area contributed by atoms with Gasteiger partial charge in [0.15, 0.2) is 17.6 Å². The second kappa shape index (κ2) is 5.09. The SMILES string of the molecule is CN1CCN(C(=N)C2COc3ccccc3O2)CC1. The van der Waals surface area contributed by atoms with Crippen LogP contribution in [0.4, 0.5) is 0 Å². The second-order valence-corrected chi connectivity index (χ2v) is 5.04. The van der Waals surface area contributed by atoms with Crippen LogP contribution < -0.4 is 9.47 Å². The van der Waals surface area contributed by atoms with Crippen molar-refractivity contribution >= 4 is 5.84 Å². The number of hydrogen-bond donors (Lipinski definition) is 1. The Bertz CT molecular complexity index is 470. The van der Waals surface area contributed by atoms with Gasteiger partial charge in [0.05, 0.1) is 0 Å². The third kappa shape index (κ3) is 2.51. The van der Waals surface area contributed by atoms with Gasteiger partial charge in [0.2, 0.25) is 0 Å². The van der Waals surface area contributed by atoms with Crippen LogP contribution in [0.2, 0.25) is 0 Å². The summed E-state index contributed by atoms with van der Waals surface area (Å²) in [6.07, 6.45) is -0.293. The maximum atomic E-state index is 8.29. The number of amidine groups is 1. The molecule has 1 N–H and O–H groups in total. The number of fused-ring (bicyclic) bond motifs is 1. The smallest absolute Gasteiger partial charge is 0.189 e. The van der Waals surface area contributed by atoms with Crippen LogP contribution >= 0.6 is 0 Å². The van der Waals surface area contributed by atoms with E-state index in [1.165, 1.54) is 0 Å². The second-order valence-electron chi connectivity index (χ2n) is 5.04. The molecule has 1 atom stereocenters. The quantitative estimate of drug-likeness (QED) is 0.606.